The fourth-order valence-electron chi connectivity index (χ4n) is 2.87. The van der Waals surface area contributed by atoms with E-state index in [1.807, 2.05) is 0 Å². The molecule has 4 N–H and O–H groups in total. The summed E-state index contributed by atoms with van der Waals surface area (Å²) in [5, 5.41) is 13.7. The molecule has 0 aromatic heterocycles. The highest BCUT2D eigenvalue weighted by Gasteiger charge is 2.52. The van der Waals surface area contributed by atoms with Gasteiger partial charge in [-0.1, -0.05) is 0 Å². The molecule has 1 saturated carbocycles. The van der Waals surface area contributed by atoms with Crippen molar-refractivity contribution in [2.24, 2.45) is 5.73 Å². The van der Waals surface area contributed by atoms with E-state index in [4.69, 9.17) is 5.73 Å². The Morgan fingerprint density at radius 3 is 1.94 bits per heavy atom. The Kier molecular flexibility index (Phi) is 2.97. The molecule has 3 nitrogen and oxygen atoms in total. The molecule has 2 aliphatic rings. The van der Waals surface area contributed by atoms with Gasteiger partial charge in [-0.25, -0.2) is 8.78 Å². The summed E-state index contributed by atoms with van der Waals surface area (Å²) >= 11 is 0. The van der Waals surface area contributed by atoms with Gasteiger partial charge < -0.3 is 16.2 Å². The molecule has 5 heteroatoms. The molecule has 94 valence electrons. The van der Waals surface area contributed by atoms with Crippen molar-refractivity contribution < 1.29 is 13.9 Å². The molecule has 0 radical (unpaired) electrons. The summed E-state index contributed by atoms with van der Waals surface area (Å²) < 4.78 is 26.2. The van der Waals surface area contributed by atoms with E-state index in [2.05, 4.69) is 5.32 Å². The van der Waals surface area contributed by atoms with Crippen LogP contribution in [-0.2, 0) is 0 Å². The molecule has 0 bridgehead atoms. The second kappa shape index (κ2) is 3.89. The minimum atomic E-state index is -2.59. The van der Waals surface area contributed by atoms with Gasteiger partial charge in [0.25, 0.3) is 0 Å². The number of hydrogen-bond acceptors (Lipinski definition) is 3. The normalized spacial score (nSPS) is 32.2. The number of hydrogen-bond donors (Lipinski definition) is 3. The third-order valence-electron chi connectivity index (χ3n) is 4.23. The SMILES string of the molecule is NC1(C2(O)CCNCC2)CCC(F)(F)CC1. The summed E-state index contributed by atoms with van der Waals surface area (Å²) in [5.74, 6) is -2.59. The molecule has 1 aliphatic carbocycles. The van der Waals surface area contributed by atoms with Gasteiger partial charge in [-0.3, -0.25) is 0 Å². The van der Waals surface area contributed by atoms with Crippen molar-refractivity contribution in [2.45, 2.75) is 55.6 Å². The molecule has 0 unspecified atom stereocenters. The summed E-state index contributed by atoms with van der Waals surface area (Å²) in [6.07, 6.45) is 1.18. The van der Waals surface area contributed by atoms with Crippen molar-refractivity contribution in [1.82, 2.24) is 5.32 Å². The van der Waals surface area contributed by atoms with E-state index >= 15 is 0 Å². The maximum absolute atomic E-state index is 13.1. The van der Waals surface area contributed by atoms with E-state index < -0.39 is 17.1 Å². The Morgan fingerprint density at radius 1 is 0.938 bits per heavy atom. The van der Waals surface area contributed by atoms with Crippen LogP contribution < -0.4 is 11.1 Å². The van der Waals surface area contributed by atoms with E-state index in [1.165, 1.54) is 0 Å². The quantitative estimate of drug-likeness (QED) is 0.634. The highest BCUT2D eigenvalue weighted by atomic mass is 19.3. The second-order valence-electron chi connectivity index (χ2n) is 5.29. The molecule has 1 heterocycles. The van der Waals surface area contributed by atoms with Crippen LogP contribution in [0, 0.1) is 0 Å². The summed E-state index contributed by atoms with van der Waals surface area (Å²) in [6, 6.07) is 0. The predicted octanol–water partition coefficient (Wildman–Crippen LogP) is 1.01. The zero-order chi connectivity index (χ0) is 11.9. The lowest BCUT2D eigenvalue weighted by Crippen LogP contribution is -2.65. The Morgan fingerprint density at radius 2 is 1.44 bits per heavy atom. The number of alkyl halides is 2. The van der Waals surface area contributed by atoms with Crippen LogP contribution in [0.3, 0.4) is 0 Å². The minimum absolute atomic E-state index is 0.195. The van der Waals surface area contributed by atoms with Crippen molar-refractivity contribution in [1.29, 1.82) is 0 Å². The molecule has 0 amide bonds. The van der Waals surface area contributed by atoms with Crippen molar-refractivity contribution in [3.63, 3.8) is 0 Å². The van der Waals surface area contributed by atoms with Crippen molar-refractivity contribution in [3.8, 4) is 0 Å². The molecule has 2 rings (SSSR count). The molecular weight excluding hydrogens is 214 g/mol. The third kappa shape index (κ3) is 2.08. The Hall–Kier alpha value is -0.260. The number of piperidine rings is 1. The van der Waals surface area contributed by atoms with E-state index in [-0.39, 0.29) is 25.7 Å². The van der Waals surface area contributed by atoms with Gasteiger partial charge in [0.1, 0.15) is 0 Å². The lowest BCUT2D eigenvalue weighted by Gasteiger charge is -2.50. The number of halogens is 2. The summed E-state index contributed by atoms with van der Waals surface area (Å²) in [4.78, 5) is 0. The molecular formula is C11H20F2N2O. The van der Waals surface area contributed by atoms with Crippen LogP contribution in [0.4, 0.5) is 8.78 Å². The Bertz CT molecular complexity index is 255. The van der Waals surface area contributed by atoms with Crippen LogP contribution in [0.1, 0.15) is 38.5 Å². The van der Waals surface area contributed by atoms with Crippen LogP contribution in [-0.4, -0.2) is 35.3 Å². The molecule has 16 heavy (non-hydrogen) atoms. The average Bonchev–Trinajstić information content (AvgIpc) is 2.24. The Labute approximate surface area is 94.4 Å². The number of nitrogens with two attached hydrogens (primary N) is 1. The van der Waals surface area contributed by atoms with Gasteiger partial charge in [-0.15, -0.1) is 0 Å². The van der Waals surface area contributed by atoms with Crippen LogP contribution >= 0.6 is 0 Å². The van der Waals surface area contributed by atoms with Crippen molar-refractivity contribution >= 4 is 0 Å². The molecule has 2 fully saturated rings. The fourth-order valence-corrected chi connectivity index (χ4v) is 2.87. The topological polar surface area (TPSA) is 58.3 Å². The lowest BCUT2D eigenvalue weighted by molar-refractivity contribution is -0.117. The highest BCUT2D eigenvalue weighted by Crippen LogP contribution is 2.44. The zero-order valence-electron chi connectivity index (χ0n) is 9.44. The first kappa shape index (κ1) is 12.2. The van der Waals surface area contributed by atoms with Gasteiger partial charge in [-0.2, -0.15) is 0 Å². The standard InChI is InChI=1S/C11H20F2N2O/c12-11(13)3-1-9(14,2-4-11)10(16)5-7-15-8-6-10/h15-16H,1-8,14H2. The van der Waals surface area contributed by atoms with Crippen molar-refractivity contribution in [3.05, 3.63) is 0 Å². The summed E-state index contributed by atoms with van der Waals surface area (Å²) in [6.45, 7) is 1.43. The Balaban J connectivity index is 2.07. The maximum atomic E-state index is 13.1. The maximum Gasteiger partial charge on any atom is 0.248 e. The molecule has 1 saturated heterocycles. The molecule has 0 spiro atoms. The zero-order valence-corrected chi connectivity index (χ0v) is 9.44. The average molecular weight is 234 g/mol. The largest absolute Gasteiger partial charge is 0.388 e. The van der Waals surface area contributed by atoms with Gasteiger partial charge in [0.2, 0.25) is 5.92 Å². The minimum Gasteiger partial charge on any atom is -0.388 e. The number of nitrogens with one attached hydrogen (secondary N) is 1. The van der Waals surface area contributed by atoms with Crippen LogP contribution in [0.2, 0.25) is 0 Å². The van der Waals surface area contributed by atoms with Gasteiger partial charge in [0, 0.05) is 18.4 Å². The van der Waals surface area contributed by atoms with E-state index in [0.717, 1.165) is 0 Å². The van der Waals surface area contributed by atoms with Crippen LogP contribution in [0.5, 0.6) is 0 Å². The molecule has 0 aromatic rings. The van der Waals surface area contributed by atoms with Gasteiger partial charge in [0.05, 0.1) is 5.60 Å². The summed E-state index contributed by atoms with van der Waals surface area (Å²) in [5.41, 5.74) is 4.39. The first-order valence-corrected chi connectivity index (χ1v) is 5.97. The van der Waals surface area contributed by atoms with Crippen LogP contribution in [0.15, 0.2) is 0 Å². The summed E-state index contributed by atoms with van der Waals surface area (Å²) in [7, 11) is 0. The van der Waals surface area contributed by atoms with Gasteiger partial charge in [0.15, 0.2) is 0 Å². The monoisotopic (exact) mass is 234 g/mol. The van der Waals surface area contributed by atoms with Crippen molar-refractivity contribution in [2.75, 3.05) is 13.1 Å². The van der Waals surface area contributed by atoms with E-state index in [1.54, 1.807) is 0 Å². The smallest absolute Gasteiger partial charge is 0.248 e. The molecule has 0 aromatic carbocycles. The highest BCUT2D eigenvalue weighted by molar-refractivity contribution is 5.08. The molecule has 1 aliphatic heterocycles. The second-order valence-corrected chi connectivity index (χ2v) is 5.29. The first-order valence-electron chi connectivity index (χ1n) is 5.97. The first-order chi connectivity index (χ1) is 7.37. The molecule has 0 atom stereocenters. The van der Waals surface area contributed by atoms with Crippen LogP contribution in [0.25, 0.3) is 0 Å². The van der Waals surface area contributed by atoms with E-state index in [0.29, 0.717) is 25.9 Å². The lowest BCUT2D eigenvalue weighted by atomic mass is 9.66. The third-order valence-corrected chi connectivity index (χ3v) is 4.23. The van der Waals surface area contributed by atoms with E-state index in [9.17, 15) is 13.9 Å². The fraction of sp³-hybridized carbons (Fsp3) is 1.00. The number of rotatable bonds is 1. The van der Waals surface area contributed by atoms with Gasteiger partial charge in [-0.05, 0) is 38.8 Å². The predicted molar refractivity (Wildman–Crippen MR) is 57.4 cm³/mol. The number of aliphatic hydroxyl groups is 1. The van der Waals surface area contributed by atoms with Gasteiger partial charge >= 0.3 is 0 Å².